The van der Waals surface area contributed by atoms with E-state index in [2.05, 4.69) is 12.2 Å². The molecule has 0 aliphatic carbocycles. The van der Waals surface area contributed by atoms with Crippen LogP contribution in [0.25, 0.3) is 0 Å². The molecule has 0 aromatic heterocycles. The molecule has 3 N–H and O–H groups in total. The van der Waals surface area contributed by atoms with Crippen LogP contribution in [-0.2, 0) is 4.74 Å². The molecular formula is C20H28ClN3O4. The third-order valence-electron chi connectivity index (χ3n) is 5.17. The highest BCUT2D eigenvalue weighted by molar-refractivity contribution is 6.22. The number of nitrogens with two attached hydrogens (primary N) is 1. The maximum absolute atomic E-state index is 12.7. The number of carbonyl (C=O) groups excluding carboxylic acids is 3. The number of nitrogens with one attached hydrogen (secondary N) is 1. The molecule has 3 rings (SSSR count). The van der Waals surface area contributed by atoms with Gasteiger partial charge in [0.05, 0.1) is 23.8 Å². The van der Waals surface area contributed by atoms with E-state index in [-0.39, 0.29) is 54.4 Å². The molecular weight excluding hydrogens is 382 g/mol. The molecule has 2 atom stereocenters. The van der Waals surface area contributed by atoms with Crippen LogP contribution in [0.2, 0.25) is 0 Å². The third kappa shape index (κ3) is 4.71. The van der Waals surface area contributed by atoms with Crippen LogP contribution in [0.3, 0.4) is 0 Å². The highest BCUT2D eigenvalue weighted by atomic mass is 35.5. The summed E-state index contributed by atoms with van der Waals surface area (Å²) in [7, 11) is 0. The van der Waals surface area contributed by atoms with Gasteiger partial charge in [-0.3, -0.25) is 19.3 Å². The first-order valence-corrected chi connectivity index (χ1v) is 9.68. The molecule has 0 radical (unpaired) electrons. The van der Waals surface area contributed by atoms with Gasteiger partial charge in [-0.1, -0.05) is 19.8 Å². The van der Waals surface area contributed by atoms with Crippen molar-refractivity contribution in [2.45, 2.75) is 51.2 Å². The number of unbranched alkanes of at least 4 members (excludes halogenated alkanes) is 1. The number of carbonyl (C=O) groups is 3. The number of nitrogens with zero attached hydrogens (tertiary/aromatic N) is 1. The average molecular weight is 410 g/mol. The number of rotatable bonds is 8. The third-order valence-corrected chi connectivity index (χ3v) is 5.17. The van der Waals surface area contributed by atoms with Crippen molar-refractivity contribution in [1.82, 2.24) is 10.2 Å². The first-order valence-electron chi connectivity index (χ1n) is 9.68. The van der Waals surface area contributed by atoms with E-state index in [1.54, 1.807) is 12.1 Å². The second-order valence-corrected chi connectivity index (χ2v) is 7.16. The van der Waals surface area contributed by atoms with Crippen LogP contribution >= 0.6 is 12.4 Å². The molecule has 1 aromatic rings. The first kappa shape index (κ1) is 22.3. The maximum atomic E-state index is 12.7. The number of fused-ring (bicyclic) bond motifs is 1. The Morgan fingerprint density at radius 3 is 2.71 bits per heavy atom. The van der Waals surface area contributed by atoms with Crippen molar-refractivity contribution in [1.29, 1.82) is 0 Å². The minimum atomic E-state index is -0.360. The van der Waals surface area contributed by atoms with Crippen LogP contribution < -0.4 is 11.1 Å². The van der Waals surface area contributed by atoms with E-state index in [0.29, 0.717) is 24.3 Å². The molecule has 0 spiro atoms. The zero-order chi connectivity index (χ0) is 19.4. The summed E-state index contributed by atoms with van der Waals surface area (Å²) in [4.78, 5) is 39.0. The predicted octanol–water partition coefficient (Wildman–Crippen LogP) is 2.13. The van der Waals surface area contributed by atoms with E-state index >= 15 is 0 Å². The van der Waals surface area contributed by atoms with Crippen molar-refractivity contribution in [2.24, 2.45) is 5.73 Å². The monoisotopic (exact) mass is 409 g/mol. The molecule has 3 amide bonds. The molecule has 1 saturated heterocycles. The van der Waals surface area contributed by atoms with Gasteiger partial charge in [-0.15, -0.1) is 12.4 Å². The van der Waals surface area contributed by atoms with Gasteiger partial charge in [0.2, 0.25) is 0 Å². The van der Waals surface area contributed by atoms with Gasteiger partial charge in [0, 0.05) is 24.8 Å². The van der Waals surface area contributed by atoms with E-state index in [1.165, 1.54) is 11.0 Å². The Morgan fingerprint density at radius 2 is 2.07 bits per heavy atom. The molecule has 2 unspecified atom stereocenters. The number of halogens is 1. The van der Waals surface area contributed by atoms with E-state index in [9.17, 15) is 14.4 Å². The number of imide groups is 1. The van der Waals surface area contributed by atoms with E-state index < -0.39 is 0 Å². The maximum Gasteiger partial charge on any atom is 0.261 e. The van der Waals surface area contributed by atoms with Gasteiger partial charge in [-0.25, -0.2) is 0 Å². The molecule has 154 valence electrons. The molecule has 2 aliphatic heterocycles. The topological polar surface area (TPSA) is 102 Å². The number of hydrogen-bond acceptors (Lipinski definition) is 5. The Labute approximate surface area is 171 Å². The summed E-state index contributed by atoms with van der Waals surface area (Å²) in [5, 5.41) is 2.91. The molecule has 8 heteroatoms. The van der Waals surface area contributed by atoms with Crippen molar-refractivity contribution in [3.05, 3.63) is 34.9 Å². The largest absolute Gasteiger partial charge is 0.376 e. The van der Waals surface area contributed by atoms with Crippen LogP contribution in [0.1, 0.15) is 70.1 Å². The van der Waals surface area contributed by atoms with Gasteiger partial charge in [0.25, 0.3) is 17.7 Å². The molecule has 7 nitrogen and oxygen atoms in total. The van der Waals surface area contributed by atoms with E-state index in [1.807, 2.05) is 0 Å². The van der Waals surface area contributed by atoms with Crippen LogP contribution in [0.4, 0.5) is 0 Å². The fourth-order valence-electron chi connectivity index (χ4n) is 3.56. The lowest BCUT2D eigenvalue weighted by molar-refractivity contribution is 0.0475. The van der Waals surface area contributed by atoms with E-state index in [0.717, 1.165) is 32.1 Å². The summed E-state index contributed by atoms with van der Waals surface area (Å²) in [6.45, 7) is 3.38. The van der Waals surface area contributed by atoms with Crippen LogP contribution in [0, 0.1) is 0 Å². The lowest BCUT2D eigenvalue weighted by atomic mass is 10.0. The molecule has 1 fully saturated rings. The fourth-order valence-corrected chi connectivity index (χ4v) is 3.56. The Kier molecular flexibility index (Phi) is 7.98. The Morgan fingerprint density at radius 1 is 1.32 bits per heavy atom. The van der Waals surface area contributed by atoms with Crippen LogP contribution in [0.15, 0.2) is 18.2 Å². The summed E-state index contributed by atoms with van der Waals surface area (Å²) >= 11 is 0. The fraction of sp³-hybridized carbons (Fsp3) is 0.550. The summed E-state index contributed by atoms with van der Waals surface area (Å²) < 4.78 is 5.54. The summed E-state index contributed by atoms with van der Waals surface area (Å²) in [6, 6.07) is 4.55. The number of amides is 3. The zero-order valence-corrected chi connectivity index (χ0v) is 16.9. The normalized spacial score (nSPS) is 19.4. The number of hydrogen-bond donors (Lipinski definition) is 2. The van der Waals surface area contributed by atoms with Gasteiger partial charge in [-0.2, -0.15) is 0 Å². The summed E-state index contributed by atoms with van der Waals surface area (Å²) in [5.41, 5.74) is 6.72. The summed E-state index contributed by atoms with van der Waals surface area (Å²) in [5.74, 6) is -0.955. The minimum absolute atomic E-state index is 0. The highest BCUT2D eigenvalue weighted by Gasteiger charge is 2.38. The van der Waals surface area contributed by atoms with E-state index in [4.69, 9.17) is 10.5 Å². The molecule has 1 aromatic carbocycles. The highest BCUT2D eigenvalue weighted by Crippen LogP contribution is 2.26. The molecule has 2 aliphatic rings. The quantitative estimate of drug-likeness (QED) is 0.640. The minimum Gasteiger partial charge on any atom is -0.376 e. The van der Waals surface area contributed by atoms with Gasteiger partial charge >= 0.3 is 0 Å². The summed E-state index contributed by atoms with van der Waals surface area (Å²) in [6.07, 6.45) is 4.52. The standard InChI is InChI=1S/C20H27N3O4.ClH/c1-2-3-5-14(11-21)22-18(24)13-7-8-16-17(10-13)20(26)23(19(16)25)12-15-6-4-9-27-15;/h7-8,10,14-15H,2-6,9,11-12,21H2,1H3,(H,22,24);1H. The lowest BCUT2D eigenvalue weighted by Gasteiger charge is -2.18. The molecule has 0 saturated carbocycles. The van der Waals surface area contributed by atoms with Crippen LogP contribution in [0.5, 0.6) is 0 Å². The Balaban J connectivity index is 0.00000280. The molecule has 2 heterocycles. The number of benzene rings is 1. The van der Waals surface area contributed by atoms with Gasteiger partial charge in [0.15, 0.2) is 0 Å². The Bertz CT molecular complexity index is 734. The van der Waals surface area contributed by atoms with Crippen molar-refractivity contribution < 1.29 is 19.1 Å². The van der Waals surface area contributed by atoms with Crippen molar-refractivity contribution in [3.8, 4) is 0 Å². The molecule has 0 bridgehead atoms. The molecule has 28 heavy (non-hydrogen) atoms. The SMILES string of the molecule is CCCCC(CN)NC(=O)c1ccc2c(c1)C(=O)N(CC1CCCO1)C2=O.Cl. The lowest BCUT2D eigenvalue weighted by Crippen LogP contribution is -2.40. The second kappa shape index (κ2) is 10.0. The first-order chi connectivity index (χ1) is 13.0. The number of ether oxygens (including phenoxy) is 1. The smallest absolute Gasteiger partial charge is 0.261 e. The van der Waals surface area contributed by atoms with Gasteiger partial charge < -0.3 is 15.8 Å². The van der Waals surface area contributed by atoms with Gasteiger partial charge in [-0.05, 0) is 37.5 Å². The average Bonchev–Trinajstić information content (AvgIpc) is 3.28. The second-order valence-electron chi connectivity index (χ2n) is 7.16. The Hall–Kier alpha value is -1.96. The van der Waals surface area contributed by atoms with Crippen molar-refractivity contribution >= 4 is 30.1 Å². The van der Waals surface area contributed by atoms with Gasteiger partial charge in [0.1, 0.15) is 0 Å². The van der Waals surface area contributed by atoms with Crippen molar-refractivity contribution in [2.75, 3.05) is 19.7 Å². The van der Waals surface area contributed by atoms with Crippen molar-refractivity contribution in [3.63, 3.8) is 0 Å². The van der Waals surface area contributed by atoms with Crippen LogP contribution in [-0.4, -0.2) is 54.5 Å². The predicted molar refractivity (Wildman–Crippen MR) is 108 cm³/mol. The zero-order valence-electron chi connectivity index (χ0n) is 16.1.